The molecule has 0 unspecified atom stereocenters. The fourth-order valence-electron chi connectivity index (χ4n) is 1.82. The Balaban J connectivity index is 1.49. The van der Waals surface area contributed by atoms with Gasteiger partial charge in [-0.15, -0.1) is 11.3 Å². The number of nitrogens with zero attached hydrogens (tertiary/aromatic N) is 2. The molecule has 0 aliphatic rings. The first kappa shape index (κ1) is 11.4. The maximum Gasteiger partial charge on any atom is 0.0945 e. The molecule has 0 saturated carbocycles. The molecular formula is C13H18N2S. The van der Waals surface area contributed by atoms with Gasteiger partial charge in [-0.05, 0) is 30.7 Å². The highest BCUT2D eigenvalue weighted by Gasteiger charge is 1.95. The van der Waals surface area contributed by atoms with Crippen molar-refractivity contribution in [1.29, 1.82) is 0 Å². The van der Waals surface area contributed by atoms with Crippen molar-refractivity contribution in [2.24, 2.45) is 0 Å². The summed E-state index contributed by atoms with van der Waals surface area (Å²) in [5.74, 6) is 0. The van der Waals surface area contributed by atoms with Gasteiger partial charge in [-0.3, -0.25) is 0 Å². The van der Waals surface area contributed by atoms with Gasteiger partial charge in [-0.25, -0.2) is 4.98 Å². The van der Waals surface area contributed by atoms with E-state index in [1.165, 1.54) is 37.0 Å². The van der Waals surface area contributed by atoms with Gasteiger partial charge in [0.05, 0.1) is 6.33 Å². The average Bonchev–Trinajstić information content (AvgIpc) is 2.96. The summed E-state index contributed by atoms with van der Waals surface area (Å²) in [6, 6.07) is 4.37. The molecular weight excluding hydrogens is 216 g/mol. The Hall–Kier alpha value is -1.09. The Labute approximate surface area is 101 Å². The van der Waals surface area contributed by atoms with E-state index in [1.807, 2.05) is 30.1 Å². The van der Waals surface area contributed by atoms with E-state index in [0.717, 1.165) is 6.54 Å². The minimum Gasteiger partial charge on any atom is -0.337 e. The van der Waals surface area contributed by atoms with Crippen LogP contribution in [-0.4, -0.2) is 9.55 Å². The highest BCUT2D eigenvalue weighted by atomic mass is 32.1. The number of hydrogen-bond donors (Lipinski definition) is 0. The van der Waals surface area contributed by atoms with Gasteiger partial charge in [-0.1, -0.05) is 18.9 Å². The predicted octanol–water partition coefficient (Wildman–Crippen LogP) is 3.75. The van der Waals surface area contributed by atoms with Crippen LogP contribution in [0.2, 0.25) is 0 Å². The van der Waals surface area contributed by atoms with Gasteiger partial charge in [-0.2, -0.15) is 0 Å². The third-order valence-corrected chi connectivity index (χ3v) is 3.66. The summed E-state index contributed by atoms with van der Waals surface area (Å²) in [6.07, 6.45) is 12.3. The summed E-state index contributed by atoms with van der Waals surface area (Å²) in [6.45, 7) is 1.11. The van der Waals surface area contributed by atoms with Crippen LogP contribution >= 0.6 is 11.3 Å². The van der Waals surface area contributed by atoms with Crippen LogP contribution < -0.4 is 0 Å². The topological polar surface area (TPSA) is 17.8 Å². The smallest absolute Gasteiger partial charge is 0.0945 e. The molecule has 3 heteroatoms. The van der Waals surface area contributed by atoms with E-state index in [4.69, 9.17) is 0 Å². The molecule has 86 valence electrons. The first-order valence-electron chi connectivity index (χ1n) is 5.93. The molecule has 0 spiro atoms. The summed E-state index contributed by atoms with van der Waals surface area (Å²) < 4.78 is 2.15. The molecule has 0 atom stereocenters. The summed E-state index contributed by atoms with van der Waals surface area (Å²) in [5.41, 5.74) is 0. The normalized spacial score (nSPS) is 10.8. The van der Waals surface area contributed by atoms with E-state index in [9.17, 15) is 0 Å². The molecule has 2 nitrogen and oxygen atoms in total. The molecule has 2 heterocycles. The van der Waals surface area contributed by atoms with Crippen molar-refractivity contribution in [2.75, 3.05) is 0 Å². The van der Waals surface area contributed by atoms with Crippen LogP contribution in [0.25, 0.3) is 0 Å². The van der Waals surface area contributed by atoms with Crippen molar-refractivity contribution in [3.8, 4) is 0 Å². The number of rotatable bonds is 7. The Morgan fingerprint density at radius 3 is 2.88 bits per heavy atom. The van der Waals surface area contributed by atoms with Crippen LogP contribution in [0, 0.1) is 0 Å². The molecule has 16 heavy (non-hydrogen) atoms. The van der Waals surface area contributed by atoms with Gasteiger partial charge >= 0.3 is 0 Å². The Morgan fingerprint density at radius 2 is 2.12 bits per heavy atom. The van der Waals surface area contributed by atoms with Crippen molar-refractivity contribution in [1.82, 2.24) is 9.55 Å². The van der Waals surface area contributed by atoms with Crippen LogP contribution in [0.3, 0.4) is 0 Å². The monoisotopic (exact) mass is 234 g/mol. The molecule has 0 aliphatic heterocycles. The zero-order chi connectivity index (χ0) is 11.1. The average molecular weight is 234 g/mol. The van der Waals surface area contributed by atoms with E-state index in [-0.39, 0.29) is 0 Å². The second kappa shape index (κ2) is 6.48. The predicted molar refractivity (Wildman–Crippen MR) is 68.7 cm³/mol. The minimum absolute atomic E-state index is 1.11. The molecule has 2 rings (SSSR count). The maximum absolute atomic E-state index is 4.04. The van der Waals surface area contributed by atoms with E-state index in [2.05, 4.69) is 27.1 Å². The lowest BCUT2D eigenvalue weighted by Gasteiger charge is -2.02. The third kappa shape index (κ3) is 3.81. The minimum atomic E-state index is 1.11. The van der Waals surface area contributed by atoms with Crippen molar-refractivity contribution in [2.45, 2.75) is 38.6 Å². The lowest BCUT2D eigenvalue weighted by atomic mass is 10.1. The molecule has 2 aromatic heterocycles. The van der Waals surface area contributed by atoms with Crippen LogP contribution in [0.4, 0.5) is 0 Å². The molecule has 0 saturated heterocycles. The lowest BCUT2D eigenvalue weighted by Crippen LogP contribution is -1.94. The maximum atomic E-state index is 4.04. The van der Waals surface area contributed by atoms with E-state index < -0.39 is 0 Å². The number of aromatic nitrogens is 2. The highest BCUT2D eigenvalue weighted by Crippen LogP contribution is 2.13. The standard InChI is InChI=1S/C13H18N2S/c1(3-6-13-7-5-11-16-13)2-4-9-15-10-8-14-12-15/h5,7-8,10-12H,1-4,6,9H2. The molecule has 0 radical (unpaired) electrons. The SMILES string of the molecule is c1csc(CCCCCCn2ccnc2)c1. The summed E-state index contributed by atoms with van der Waals surface area (Å²) in [7, 11) is 0. The first-order valence-corrected chi connectivity index (χ1v) is 6.81. The quantitative estimate of drug-likeness (QED) is 0.667. The van der Waals surface area contributed by atoms with E-state index >= 15 is 0 Å². The largest absolute Gasteiger partial charge is 0.337 e. The van der Waals surface area contributed by atoms with Gasteiger partial charge < -0.3 is 4.57 Å². The Morgan fingerprint density at radius 1 is 1.19 bits per heavy atom. The van der Waals surface area contributed by atoms with E-state index in [1.54, 1.807) is 0 Å². The number of aryl methyl sites for hydroxylation is 2. The van der Waals surface area contributed by atoms with Crippen LogP contribution in [0.1, 0.15) is 30.6 Å². The van der Waals surface area contributed by atoms with Gasteiger partial charge in [0.2, 0.25) is 0 Å². The second-order valence-corrected chi connectivity index (χ2v) is 5.08. The van der Waals surface area contributed by atoms with E-state index in [0.29, 0.717) is 0 Å². The highest BCUT2D eigenvalue weighted by molar-refractivity contribution is 7.09. The third-order valence-electron chi connectivity index (χ3n) is 2.73. The second-order valence-electron chi connectivity index (χ2n) is 4.04. The number of thiophene rings is 1. The molecule has 0 aromatic carbocycles. The van der Waals surface area contributed by atoms with Crippen molar-refractivity contribution in [3.63, 3.8) is 0 Å². The van der Waals surface area contributed by atoms with Crippen LogP contribution in [-0.2, 0) is 13.0 Å². The van der Waals surface area contributed by atoms with Gasteiger partial charge in [0.1, 0.15) is 0 Å². The molecule has 0 aliphatic carbocycles. The fourth-order valence-corrected chi connectivity index (χ4v) is 2.57. The molecule has 0 fully saturated rings. The zero-order valence-electron chi connectivity index (χ0n) is 9.51. The number of hydrogen-bond acceptors (Lipinski definition) is 2. The molecule has 0 amide bonds. The van der Waals surface area contributed by atoms with Crippen molar-refractivity contribution in [3.05, 3.63) is 41.1 Å². The van der Waals surface area contributed by atoms with Gasteiger partial charge in [0, 0.05) is 23.8 Å². The van der Waals surface area contributed by atoms with Crippen molar-refractivity contribution < 1.29 is 0 Å². The molecule has 0 bridgehead atoms. The van der Waals surface area contributed by atoms with Crippen LogP contribution in [0.15, 0.2) is 36.2 Å². The van der Waals surface area contributed by atoms with Gasteiger partial charge in [0.25, 0.3) is 0 Å². The molecule has 0 N–H and O–H groups in total. The summed E-state index contributed by atoms with van der Waals surface area (Å²) in [5, 5.41) is 2.16. The lowest BCUT2D eigenvalue weighted by molar-refractivity contribution is 0.572. The summed E-state index contributed by atoms with van der Waals surface area (Å²) in [4.78, 5) is 5.56. The zero-order valence-corrected chi connectivity index (χ0v) is 10.3. The van der Waals surface area contributed by atoms with Crippen LogP contribution in [0.5, 0.6) is 0 Å². The number of imidazole rings is 1. The van der Waals surface area contributed by atoms with Gasteiger partial charge in [0.15, 0.2) is 0 Å². The Kier molecular flexibility index (Phi) is 4.62. The first-order chi connectivity index (χ1) is 7.95. The summed E-state index contributed by atoms with van der Waals surface area (Å²) >= 11 is 1.87. The Bertz CT molecular complexity index is 326. The van der Waals surface area contributed by atoms with Crippen molar-refractivity contribution >= 4 is 11.3 Å². The number of unbranched alkanes of at least 4 members (excludes halogenated alkanes) is 3. The fraction of sp³-hybridized carbons (Fsp3) is 0.462. The molecule has 2 aromatic rings.